The highest BCUT2D eigenvalue weighted by molar-refractivity contribution is 5.86. The Hall–Kier alpha value is -1.35. The highest BCUT2D eigenvalue weighted by Gasteiger charge is 2.41. The molecule has 2 atom stereocenters. The van der Waals surface area contributed by atoms with E-state index in [0.717, 1.165) is 37.7 Å². The predicted molar refractivity (Wildman–Crippen MR) is 77.8 cm³/mol. The van der Waals surface area contributed by atoms with Gasteiger partial charge in [0.15, 0.2) is 0 Å². The van der Waals surface area contributed by atoms with E-state index in [1.165, 1.54) is 5.56 Å². The molecule has 1 aliphatic rings. The number of hydrogen-bond donors (Lipinski definition) is 2. The fraction of sp³-hybridized carbons (Fsp3) is 0.562. The van der Waals surface area contributed by atoms with Gasteiger partial charge in [-0.15, -0.1) is 0 Å². The number of carbonyl (C=O) groups is 1. The summed E-state index contributed by atoms with van der Waals surface area (Å²) in [5, 5.41) is 3.50. The van der Waals surface area contributed by atoms with Gasteiger partial charge in [-0.1, -0.05) is 37.6 Å². The first-order valence-corrected chi connectivity index (χ1v) is 7.26. The predicted octanol–water partition coefficient (Wildman–Crippen LogP) is 2.48. The molecule has 1 aromatic carbocycles. The first kappa shape index (κ1) is 14.1. The van der Waals surface area contributed by atoms with Crippen molar-refractivity contribution in [2.45, 2.75) is 57.5 Å². The Balaban J connectivity index is 2.49. The van der Waals surface area contributed by atoms with E-state index >= 15 is 0 Å². The molecule has 104 valence electrons. The molecular weight excluding hydrogens is 236 g/mol. The van der Waals surface area contributed by atoms with Crippen LogP contribution in [-0.4, -0.2) is 11.9 Å². The number of amides is 1. The van der Waals surface area contributed by atoms with E-state index < -0.39 is 5.54 Å². The first-order valence-electron chi connectivity index (χ1n) is 7.26. The van der Waals surface area contributed by atoms with E-state index in [-0.39, 0.29) is 11.9 Å². The molecule has 0 saturated carbocycles. The average Bonchev–Trinajstić information content (AvgIpc) is 2.60. The van der Waals surface area contributed by atoms with Crippen molar-refractivity contribution in [3.8, 4) is 0 Å². The van der Waals surface area contributed by atoms with Gasteiger partial charge in [-0.05, 0) is 43.7 Å². The molecule has 1 aromatic rings. The standard InChI is InChI=1S/C16H24N2O/c1-3-12(2)18-16(15(17)19)11-7-6-9-13-8-4-5-10-14(13)16/h4-5,8,10,12,18H,3,6-7,9,11H2,1-2H3,(H2,17,19). The Morgan fingerprint density at radius 3 is 2.84 bits per heavy atom. The van der Waals surface area contributed by atoms with Crippen LogP contribution in [-0.2, 0) is 16.8 Å². The smallest absolute Gasteiger partial charge is 0.242 e. The van der Waals surface area contributed by atoms with Crippen LogP contribution in [0.15, 0.2) is 24.3 Å². The summed E-state index contributed by atoms with van der Waals surface area (Å²) in [5.74, 6) is -0.248. The normalized spacial score (nSPS) is 24.3. The van der Waals surface area contributed by atoms with Crippen LogP contribution >= 0.6 is 0 Å². The third kappa shape index (κ3) is 2.66. The zero-order valence-corrected chi connectivity index (χ0v) is 11.9. The zero-order valence-electron chi connectivity index (χ0n) is 11.9. The van der Waals surface area contributed by atoms with Crippen LogP contribution in [0.4, 0.5) is 0 Å². The van der Waals surface area contributed by atoms with Gasteiger partial charge in [0, 0.05) is 6.04 Å². The Morgan fingerprint density at radius 2 is 2.16 bits per heavy atom. The lowest BCUT2D eigenvalue weighted by Crippen LogP contribution is -2.55. The van der Waals surface area contributed by atoms with Gasteiger partial charge in [0.25, 0.3) is 0 Å². The number of nitrogens with two attached hydrogens (primary N) is 1. The minimum absolute atomic E-state index is 0.248. The summed E-state index contributed by atoms with van der Waals surface area (Å²) < 4.78 is 0. The molecule has 0 fully saturated rings. The highest BCUT2D eigenvalue weighted by atomic mass is 16.1. The van der Waals surface area contributed by atoms with Crippen LogP contribution in [0.2, 0.25) is 0 Å². The maximum Gasteiger partial charge on any atom is 0.242 e. The van der Waals surface area contributed by atoms with Crippen LogP contribution < -0.4 is 11.1 Å². The van der Waals surface area contributed by atoms with Crippen molar-refractivity contribution < 1.29 is 4.79 Å². The summed E-state index contributed by atoms with van der Waals surface area (Å²) >= 11 is 0. The number of nitrogens with one attached hydrogen (secondary N) is 1. The van der Waals surface area contributed by atoms with Gasteiger partial charge < -0.3 is 5.73 Å². The minimum atomic E-state index is -0.692. The van der Waals surface area contributed by atoms with Crippen LogP contribution in [0, 0.1) is 0 Å². The van der Waals surface area contributed by atoms with Crippen molar-refractivity contribution in [2.75, 3.05) is 0 Å². The van der Waals surface area contributed by atoms with E-state index in [9.17, 15) is 4.79 Å². The van der Waals surface area contributed by atoms with Gasteiger partial charge in [0.05, 0.1) is 0 Å². The first-order chi connectivity index (χ1) is 9.10. The summed E-state index contributed by atoms with van der Waals surface area (Å²) in [4.78, 5) is 12.2. The molecule has 0 radical (unpaired) electrons. The zero-order chi connectivity index (χ0) is 13.9. The maximum absolute atomic E-state index is 12.2. The SMILES string of the molecule is CCC(C)NC1(C(N)=O)CCCCc2ccccc21. The molecule has 1 amide bonds. The van der Waals surface area contributed by atoms with Crippen molar-refractivity contribution in [3.05, 3.63) is 35.4 Å². The number of carbonyl (C=O) groups excluding carboxylic acids is 1. The van der Waals surface area contributed by atoms with E-state index in [1.54, 1.807) is 0 Å². The van der Waals surface area contributed by atoms with Crippen LogP contribution in [0.25, 0.3) is 0 Å². The molecule has 3 N–H and O–H groups in total. The van der Waals surface area contributed by atoms with E-state index in [0.29, 0.717) is 0 Å². The molecule has 19 heavy (non-hydrogen) atoms. The Morgan fingerprint density at radius 1 is 1.42 bits per heavy atom. The van der Waals surface area contributed by atoms with Gasteiger partial charge in [-0.3, -0.25) is 10.1 Å². The van der Waals surface area contributed by atoms with Crippen LogP contribution in [0.5, 0.6) is 0 Å². The lowest BCUT2D eigenvalue weighted by atomic mass is 9.83. The Kier molecular flexibility index (Phi) is 4.25. The third-order valence-corrected chi connectivity index (χ3v) is 4.25. The maximum atomic E-state index is 12.2. The van der Waals surface area contributed by atoms with E-state index in [1.807, 2.05) is 12.1 Å². The summed E-state index contributed by atoms with van der Waals surface area (Å²) in [5.41, 5.74) is 7.44. The second-order valence-corrected chi connectivity index (χ2v) is 5.59. The van der Waals surface area contributed by atoms with Crippen molar-refractivity contribution in [3.63, 3.8) is 0 Å². The van der Waals surface area contributed by atoms with Crippen molar-refractivity contribution in [1.29, 1.82) is 0 Å². The van der Waals surface area contributed by atoms with Gasteiger partial charge in [-0.2, -0.15) is 0 Å². The average molecular weight is 260 g/mol. The largest absolute Gasteiger partial charge is 0.368 e. The Bertz CT molecular complexity index is 458. The molecule has 2 unspecified atom stereocenters. The monoisotopic (exact) mass is 260 g/mol. The van der Waals surface area contributed by atoms with Gasteiger partial charge >= 0.3 is 0 Å². The number of fused-ring (bicyclic) bond motifs is 1. The second kappa shape index (κ2) is 5.74. The molecule has 0 aromatic heterocycles. The molecule has 1 aliphatic carbocycles. The van der Waals surface area contributed by atoms with E-state index in [4.69, 9.17) is 5.73 Å². The lowest BCUT2D eigenvalue weighted by Gasteiger charge is -2.35. The summed E-state index contributed by atoms with van der Waals surface area (Å²) in [6.45, 7) is 4.23. The molecular formula is C16H24N2O. The van der Waals surface area contributed by atoms with Crippen molar-refractivity contribution in [2.24, 2.45) is 5.73 Å². The van der Waals surface area contributed by atoms with Crippen molar-refractivity contribution in [1.82, 2.24) is 5.32 Å². The number of aryl methyl sites for hydroxylation is 1. The summed E-state index contributed by atoms with van der Waals surface area (Å²) in [6, 6.07) is 8.50. The van der Waals surface area contributed by atoms with Gasteiger partial charge in [0.1, 0.15) is 5.54 Å². The third-order valence-electron chi connectivity index (χ3n) is 4.25. The number of hydrogen-bond acceptors (Lipinski definition) is 2. The van der Waals surface area contributed by atoms with Crippen LogP contribution in [0.3, 0.4) is 0 Å². The number of benzene rings is 1. The second-order valence-electron chi connectivity index (χ2n) is 5.59. The van der Waals surface area contributed by atoms with Gasteiger partial charge in [-0.25, -0.2) is 0 Å². The molecule has 3 heteroatoms. The molecule has 3 nitrogen and oxygen atoms in total. The minimum Gasteiger partial charge on any atom is -0.368 e. The molecule has 0 spiro atoms. The lowest BCUT2D eigenvalue weighted by molar-refractivity contribution is -0.125. The quantitative estimate of drug-likeness (QED) is 0.817. The molecule has 0 saturated heterocycles. The summed E-state index contributed by atoms with van der Waals surface area (Å²) in [6.07, 6.45) is 4.96. The highest BCUT2D eigenvalue weighted by Crippen LogP contribution is 2.34. The summed E-state index contributed by atoms with van der Waals surface area (Å²) in [7, 11) is 0. The number of rotatable bonds is 4. The fourth-order valence-electron chi connectivity index (χ4n) is 2.99. The number of primary amides is 1. The topological polar surface area (TPSA) is 55.1 Å². The van der Waals surface area contributed by atoms with Gasteiger partial charge in [0.2, 0.25) is 5.91 Å². The molecule has 2 rings (SSSR count). The van der Waals surface area contributed by atoms with Crippen molar-refractivity contribution >= 4 is 5.91 Å². The molecule has 0 aliphatic heterocycles. The molecule has 0 heterocycles. The molecule has 0 bridgehead atoms. The van der Waals surface area contributed by atoms with Crippen LogP contribution in [0.1, 0.15) is 50.7 Å². The van der Waals surface area contributed by atoms with E-state index in [2.05, 4.69) is 31.3 Å². The Labute approximate surface area is 115 Å². The fourth-order valence-corrected chi connectivity index (χ4v) is 2.99.